The summed E-state index contributed by atoms with van der Waals surface area (Å²) in [5.74, 6) is -1.73. The lowest BCUT2D eigenvalue weighted by Gasteiger charge is -2.38. The fourth-order valence-electron chi connectivity index (χ4n) is 4.98. The summed E-state index contributed by atoms with van der Waals surface area (Å²) in [4.78, 5) is 23.8. The molecule has 3 aliphatic rings. The molecule has 4 rings (SSSR count). The predicted molar refractivity (Wildman–Crippen MR) is 87.6 cm³/mol. The van der Waals surface area contributed by atoms with Gasteiger partial charge in [-0.05, 0) is 48.0 Å². The summed E-state index contributed by atoms with van der Waals surface area (Å²) >= 11 is 0. The number of ketones is 1. The number of hydrogen-bond donors (Lipinski definition) is 2. The fraction of sp³-hybridized carbons (Fsp3) is 0.368. The summed E-state index contributed by atoms with van der Waals surface area (Å²) in [5, 5.41) is 0. The van der Waals surface area contributed by atoms with Crippen molar-refractivity contribution in [2.24, 2.45) is 16.7 Å². The topological polar surface area (TPSA) is 58.2 Å². The molecule has 2 bridgehead atoms. The van der Waals surface area contributed by atoms with Crippen LogP contribution in [-0.2, 0) is 9.59 Å². The standard InChI is InChI=1S/C19H18F2N2O2/c1-18(2)11-6-7-19(18,15(25)9-24)17-10(11)8-14(22-23-17)16-12(20)4-3-5-13(16)21/h3-5,8-9,11,22-23H,6-7H2,1-2H3/t11-,19-/m0/s1. The second kappa shape index (κ2) is 5.00. The first-order chi connectivity index (χ1) is 11.8. The van der Waals surface area contributed by atoms with Gasteiger partial charge in [-0.3, -0.25) is 9.59 Å². The Morgan fingerprint density at radius 1 is 1.24 bits per heavy atom. The summed E-state index contributed by atoms with van der Waals surface area (Å²) in [6.45, 7) is 3.95. The van der Waals surface area contributed by atoms with Crippen LogP contribution in [0.25, 0.3) is 5.70 Å². The van der Waals surface area contributed by atoms with Crippen molar-refractivity contribution in [3.63, 3.8) is 0 Å². The molecular weight excluding hydrogens is 326 g/mol. The zero-order valence-corrected chi connectivity index (χ0v) is 14.0. The molecule has 1 aliphatic heterocycles. The van der Waals surface area contributed by atoms with Crippen molar-refractivity contribution in [3.05, 3.63) is 52.7 Å². The van der Waals surface area contributed by atoms with Crippen molar-refractivity contribution in [2.75, 3.05) is 0 Å². The zero-order valence-electron chi connectivity index (χ0n) is 14.0. The average molecular weight is 344 g/mol. The Morgan fingerprint density at radius 2 is 1.92 bits per heavy atom. The number of Topliss-reactive ketones (excluding diaryl/α,β-unsaturated/α-hetero) is 1. The first kappa shape index (κ1) is 16.0. The van der Waals surface area contributed by atoms with Crippen LogP contribution >= 0.6 is 0 Å². The third kappa shape index (κ3) is 1.79. The van der Waals surface area contributed by atoms with Crippen molar-refractivity contribution < 1.29 is 18.4 Å². The van der Waals surface area contributed by atoms with Crippen molar-refractivity contribution in [2.45, 2.75) is 26.7 Å². The van der Waals surface area contributed by atoms with E-state index < -0.39 is 28.2 Å². The lowest BCUT2D eigenvalue weighted by Crippen LogP contribution is -2.48. The van der Waals surface area contributed by atoms with Crippen LogP contribution in [0, 0.1) is 28.4 Å². The van der Waals surface area contributed by atoms with Gasteiger partial charge in [0.2, 0.25) is 5.78 Å². The SMILES string of the molecule is CC1(C)[C@H]2CC[C@]1(C(=O)C=O)C1=C2C=C(c2c(F)cccc2F)NN1. The molecule has 0 spiro atoms. The minimum Gasteiger partial charge on any atom is -0.304 e. The summed E-state index contributed by atoms with van der Waals surface area (Å²) in [5.41, 5.74) is 6.10. The van der Waals surface area contributed by atoms with Gasteiger partial charge in [0.05, 0.1) is 16.7 Å². The molecule has 0 aromatic heterocycles. The Kier molecular flexibility index (Phi) is 3.20. The van der Waals surface area contributed by atoms with E-state index in [9.17, 15) is 18.4 Å². The number of nitrogens with one attached hydrogen (secondary N) is 2. The average Bonchev–Trinajstić information content (AvgIpc) is 2.96. The van der Waals surface area contributed by atoms with E-state index in [0.717, 1.165) is 12.0 Å². The summed E-state index contributed by atoms with van der Waals surface area (Å²) < 4.78 is 28.2. The Hall–Kier alpha value is -2.50. The smallest absolute Gasteiger partial charge is 0.207 e. The molecule has 1 aromatic carbocycles. The molecule has 1 heterocycles. The van der Waals surface area contributed by atoms with Gasteiger partial charge in [-0.15, -0.1) is 0 Å². The number of hydrazine groups is 1. The Balaban J connectivity index is 1.88. The number of hydrogen-bond acceptors (Lipinski definition) is 4. The molecule has 0 radical (unpaired) electrons. The predicted octanol–water partition coefficient (Wildman–Crippen LogP) is 2.87. The van der Waals surface area contributed by atoms with Crippen LogP contribution < -0.4 is 10.9 Å². The van der Waals surface area contributed by atoms with Crippen LogP contribution in [0.15, 0.2) is 35.5 Å². The fourth-order valence-corrected chi connectivity index (χ4v) is 4.98. The van der Waals surface area contributed by atoms with Gasteiger partial charge >= 0.3 is 0 Å². The minimum absolute atomic E-state index is 0.0471. The molecule has 2 aliphatic carbocycles. The Labute approximate surface area is 144 Å². The molecule has 1 fully saturated rings. The van der Waals surface area contributed by atoms with Crippen molar-refractivity contribution >= 4 is 17.8 Å². The van der Waals surface area contributed by atoms with Crippen LogP contribution in [0.1, 0.15) is 32.3 Å². The quantitative estimate of drug-likeness (QED) is 0.654. The maximum atomic E-state index is 14.1. The number of halogens is 2. The van der Waals surface area contributed by atoms with Crippen LogP contribution in [0.2, 0.25) is 0 Å². The Morgan fingerprint density at radius 3 is 2.56 bits per heavy atom. The summed E-state index contributed by atoms with van der Waals surface area (Å²) in [6, 6.07) is 3.72. The van der Waals surface area contributed by atoms with E-state index in [2.05, 4.69) is 10.9 Å². The monoisotopic (exact) mass is 344 g/mol. The third-order valence-corrected chi connectivity index (χ3v) is 6.25. The van der Waals surface area contributed by atoms with E-state index in [1.807, 2.05) is 13.8 Å². The number of rotatable bonds is 3. The van der Waals surface area contributed by atoms with Gasteiger partial charge in [-0.2, -0.15) is 0 Å². The van der Waals surface area contributed by atoms with Gasteiger partial charge in [0, 0.05) is 5.70 Å². The zero-order chi connectivity index (χ0) is 18.0. The molecule has 0 unspecified atom stereocenters. The minimum atomic E-state index is -0.905. The molecule has 0 amide bonds. The molecule has 1 aromatic rings. The van der Waals surface area contributed by atoms with E-state index in [4.69, 9.17) is 0 Å². The van der Waals surface area contributed by atoms with Crippen LogP contribution in [0.5, 0.6) is 0 Å². The molecule has 6 heteroatoms. The first-order valence-electron chi connectivity index (χ1n) is 8.27. The van der Waals surface area contributed by atoms with Crippen LogP contribution in [-0.4, -0.2) is 12.1 Å². The number of carbonyl (C=O) groups is 2. The van der Waals surface area contributed by atoms with E-state index in [1.54, 1.807) is 6.08 Å². The molecular formula is C19H18F2N2O2. The van der Waals surface area contributed by atoms with Gasteiger partial charge in [0.1, 0.15) is 11.6 Å². The van der Waals surface area contributed by atoms with E-state index in [0.29, 0.717) is 18.4 Å². The van der Waals surface area contributed by atoms with Crippen LogP contribution in [0.4, 0.5) is 8.78 Å². The molecule has 2 atom stereocenters. The summed E-state index contributed by atoms with van der Waals surface area (Å²) in [6.07, 6.45) is 3.44. The highest BCUT2D eigenvalue weighted by Crippen LogP contribution is 2.68. The maximum Gasteiger partial charge on any atom is 0.207 e. The highest BCUT2D eigenvalue weighted by molar-refractivity contribution is 6.29. The highest BCUT2D eigenvalue weighted by atomic mass is 19.1. The highest BCUT2D eigenvalue weighted by Gasteiger charge is 2.67. The van der Waals surface area contributed by atoms with E-state index in [1.165, 1.54) is 18.2 Å². The molecule has 130 valence electrons. The molecule has 2 N–H and O–H groups in total. The van der Waals surface area contributed by atoms with E-state index in [-0.39, 0.29) is 17.2 Å². The largest absolute Gasteiger partial charge is 0.304 e. The van der Waals surface area contributed by atoms with E-state index >= 15 is 0 Å². The molecule has 4 nitrogen and oxygen atoms in total. The summed E-state index contributed by atoms with van der Waals surface area (Å²) in [7, 11) is 0. The van der Waals surface area contributed by atoms with Crippen molar-refractivity contribution in [3.8, 4) is 0 Å². The second-order valence-electron chi connectivity index (χ2n) is 7.44. The van der Waals surface area contributed by atoms with Gasteiger partial charge in [0.25, 0.3) is 0 Å². The van der Waals surface area contributed by atoms with Gasteiger partial charge in [-0.25, -0.2) is 8.78 Å². The van der Waals surface area contributed by atoms with Crippen LogP contribution in [0.3, 0.4) is 0 Å². The number of carbonyl (C=O) groups excluding carboxylic acids is 2. The number of allylic oxidation sites excluding steroid dienone is 3. The Bertz CT molecular complexity index is 852. The van der Waals surface area contributed by atoms with Gasteiger partial charge in [0.15, 0.2) is 6.29 Å². The lowest BCUT2D eigenvalue weighted by atomic mass is 9.65. The van der Waals surface area contributed by atoms with Gasteiger partial charge < -0.3 is 10.9 Å². The number of benzene rings is 1. The van der Waals surface area contributed by atoms with Gasteiger partial charge in [-0.1, -0.05) is 19.9 Å². The van der Waals surface area contributed by atoms with Crippen molar-refractivity contribution in [1.82, 2.24) is 10.9 Å². The first-order valence-corrected chi connectivity index (χ1v) is 8.27. The lowest BCUT2D eigenvalue weighted by molar-refractivity contribution is -0.138. The normalized spacial score (nSPS) is 28.8. The molecule has 25 heavy (non-hydrogen) atoms. The molecule has 1 saturated carbocycles. The molecule has 0 saturated heterocycles. The maximum absolute atomic E-state index is 14.1. The third-order valence-electron chi connectivity index (χ3n) is 6.25. The van der Waals surface area contributed by atoms with Crippen molar-refractivity contribution in [1.29, 1.82) is 0 Å². The number of aldehydes is 1. The second-order valence-corrected chi connectivity index (χ2v) is 7.44. The number of fused-ring (bicyclic) bond motifs is 4.